The molecular weight excluding hydrogens is 466 g/mol. The number of hydrogen-bond donors (Lipinski definition) is 1. The van der Waals surface area contributed by atoms with Gasteiger partial charge < -0.3 is 14.7 Å². The molecule has 0 aliphatic heterocycles. The maximum atomic E-state index is 13.3. The second kappa shape index (κ2) is 9.07. The van der Waals surface area contributed by atoms with Crippen molar-refractivity contribution in [2.45, 2.75) is 97.3 Å². The standard InChI is InChI=1S/C31H41NO5/c1-19(33)31(36)28(32(20(2)34)23-9-7-6-8-10-23)18-27-25-12-11-22-17-24(37-21(3)35)13-15-29(22,4)26(25)14-16-30(27,31)5/h6-11,24-28,36H,12-18H2,1-5H3/t24?,25-,26+,27+,28-,29+,30+,31-/m1/s1. The Morgan fingerprint density at radius 3 is 2.32 bits per heavy atom. The fourth-order valence-corrected chi connectivity index (χ4v) is 9.08. The number of carbonyl (C=O) groups is 3. The molecule has 4 aliphatic carbocycles. The molecule has 1 N–H and O–H groups in total. The van der Waals surface area contributed by atoms with Crippen LogP contribution < -0.4 is 4.90 Å². The van der Waals surface area contributed by atoms with E-state index in [4.69, 9.17) is 4.74 Å². The minimum absolute atomic E-state index is 0.0347. The summed E-state index contributed by atoms with van der Waals surface area (Å²) < 4.78 is 5.58. The zero-order valence-corrected chi connectivity index (χ0v) is 22.8. The van der Waals surface area contributed by atoms with E-state index in [9.17, 15) is 19.5 Å². The van der Waals surface area contributed by atoms with E-state index >= 15 is 0 Å². The zero-order valence-electron chi connectivity index (χ0n) is 22.8. The molecule has 0 aromatic heterocycles. The largest absolute Gasteiger partial charge is 0.462 e. The number of benzene rings is 1. The molecule has 0 heterocycles. The molecule has 4 aliphatic rings. The fourth-order valence-electron chi connectivity index (χ4n) is 9.08. The number of hydrogen-bond acceptors (Lipinski definition) is 5. The van der Waals surface area contributed by atoms with Gasteiger partial charge in [0.05, 0.1) is 6.04 Å². The Balaban J connectivity index is 1.52. The molecule has 3 saturated carbocycles. The first-order valence-corrected chi connectivity index (χ1v) is 13.9. The van der Waals surface area contributed by atoms with Crippen LogP contribution >= 0.6 is 0 Å². The van der Waals surface area contributed by atoms with Gasteiger partial charge in [0.15, 0.2) is 5.78 Å². The van der Waals surface area contributed by atoms with Gasteiger partial charge in [-0.2, -0.15) is 0 Å². The maximum Gasteiger partial charge on any atom is 0.302 e. The van der Waals surface area contributed by atoms with Crippen molar-refractivity contribution in [1.29, 1.82) is 0 Å². The minimum atomic E-state index is -1.61. The lowest BCUT2D eigenvalue weighted by molar-refractivity contribution is -0.162. The van der Waals surface area contributed by atoms with E-state index in [1.165, 1.54) is 26.3 Å². The Labute approximate surface area is 220 Å². The van der Waals surface area contributed by atoms with E-state index in [0.717, 1.165) is 44.2 Å². The molecule has 1 aromatic rings. The summed E-state index contributed by atoms with van der Waals surface area (Å²) in [6.45, 7) is 8.97. The van der Waals surface area contributed by atoms with Crippen molar-refractivity contribution in [2.75, 3.05) is 4.90 Å². The molecule has 0 bridgehead atoms. The molecule has 8 atom stereocenters. The van der Waals surface area contributed by atoms with E-state index in [-0.39, 0.29) is 35.1 Å². The number of nitrogens with zero attached hydrogens (tertiary/aromatic N) is 1. The minimum Gasteiger partial charge on any atom is -0.462 e. The highest BCUT2D eigenvalue weighted by Gasteiger charge is 2.70. The van der Waals surface area contributed by atoms with Crippen molar-refractivity contribution >= 4 is 23.3 Å². The number of amides is 1. The molecule has 0 spiro atoms. The van der Waals surface area contributed by atoms with Crippen molar-refractivity contribution in [3.63, 3.8) is 0 Å². The number of aliphatic hydroxyl groups is 1. The van der Waals surface area contributed by atoms with E-state index in [0.29, 0.717) is 18.3 Å². The molecule has 1 unspecified atom stereocenters. The van der Waals surface area contributed by atoms with E-state index in [1.807, 2.05) is 30.3 Å². The first kappa shape index (κ1) is 26.1. The van der Waals surface area contributed by atoms with Crippen LogP contribution in [-0.4, -0.2) is 40.5 Å². The number of allylic oxidation sites excluding steroid dienone is 1. The molecule has 6 nitrogen and oxygen atoms in total. The molecule has 200 valence electrons. The number of rotatable bonds is 4. The Kier molecular flexibility index (Phi) is 6.41. The molecule has 3 fully saturated rings. The maximum absolute atomic E-state index is 13.3. The predicted molar refractivity (Wildman–Crippen MR) is 142 cm³/mol. The lowest BCUT2D eigenvalue weighted by Crippen LogP contribution is -2.63. The summed E-state index contributed by atoms with van der Waals surface area (Å²) in [6, 6.07) is 8.84. The second-order valence-corrected chi connectivity index (χ2v) is 12.5. The number of carbonyl (C=O) groups excluding carboxylic acids is 3. The monoisotopic (exact) mass is 507 g/mol. The number of ketones is 1. The third kappa shape index (κ3) is 3.81. The van der Waals surface area contributed by atoms with Gasteiger partial charge in [-0.1, -0.05) is 43.7 Å². The van der Waals surface area contributed by atoms with Gasteiger partial charge in [0.2, 0.25) is 5.91 Å². The molecule has 1 amide bonds. The summed E-state index contributed by atoms with van der Waals surface area (Å²) in [5.74, 6) is 0.279. The van der Waals surface area contributed by atoms with Gasteiger partial charge in [0, 0.05) is 31.4 Å². The molecule has 5 rings (SSSR count). The van der Waals surface area contributed by atoms with Crippen molar-refractivity contribution in [1.82, 2.24) is 0 Å². The normalized spacial score (nSPS) is 40.5. The second-order valence-electron chi connectivity index (χ2n) is 12.5. The van der Waals surface area contributed by atoms with Crippen LogP contribution in [0.15, 0.2) is 42.0 Å². The molecule has 1 aromatic carbocycles. The van der Waals surface area contributed by atoms with Crippen LogP contribution in [0.4, 0.5) is 5.69 Å². The molecule has 37 heavy (non-hydrogen) atoms. The van der Waals surface area contributed by atoms with Crippen LogP contribution in [0.25, 0.3) is 0 Å². The average Bonchev–Trinajstić information content (AvgIpc) is 3.08. The molecular formula is C31H41NO5. The van der Waals surface area contributed by atoms with Crippen molar-refractivity contribution in [3.8, 4) is 0 Å². The van der Waals surface area contributed by atoms with Gasteiger partial charge >= 0.3 is 5.97 Å². The van der Waals surface area contributed by atoms with Gasteiger partial charge in [0.25, 0.3) is 0 Å². The summed E-state index contributed by atoms with van der Waals surface area (Å²) >= 11 is 0. The summed E-state index contributed by atoms with van der Waals surface area (Å²) in [4.78, 5) is 39.6. The highest BCUT2D eigenvalue weighted by Crippen LogP contribution is 2.68. The zero-order chi connectivity index (χ0) is 26.8. The number of anilines is 1. The lowest BCUT2D eigenvalue weighted by Gasteiger charge is -2.58. The average molecular weight is 508 g/mol. The Bertz CT molecular complexity index is 1130. The van der Waals surface area contributed by atoms with Crippen molar-refractivity contribution < 1.29 is 24.2 Å². The van der Waals surface area contributed by atoms with E-state index in [2.05, 4.69) is 19.9 Å². The van der Waals surface area contributed by atoms with Crippen LogP contribution in [0, 0.1) is 28.6 Å². The van der Waals surface area contributed by atoms with Gasteiger partial charge in [-0.15, -0.1) is 0 Å². The van der Waals surface area contributed by atoms with Gasteiger partial charge in [-0.05, 0) is 80.8 Å². The number of fused-ring (bicyclic) bond motifs is 5. The van der Waals surface area contributed by atoms with E-state index in [1.54, 1.807) is 4.90 Å². The molecule has 0 radical (unpaired) electrons. The van der Waals surface area contributed by atoms with Crippen molar-refractivity contribution in [3.05, 3.63) is 42.0 Å². The highest BCUT2D eigenvalue weighted by molar-refractivity contribution is 5.96. The third-order valence-corrected chi connectivity index (χ3v) is 10.8. The highest BCUT2D eigenvalue weighted by atomic mass is 16.5. The Hall–Kier alpha value is -2.47. The SMILES string of the molecule is CC(=O)OC1CC[C@@]2(C)C(=CC[C@@H]3[C@@H]2CC[C@@]2(C)[C@H]3C[C@@H](N(C(C)=O)c3ccccc3)[C@]2(O)C(C)=O)C1. The first-order chi connectivity index (χ1) is 17.4. The lowest BCUT2D eigenvalue weighted by atomic mass is 9.46. The summed E-state index contributed by atoms with van der Waals surface area (Å²) in [5, 5.41) is 12.4. The van der Waals surface area contributed by atoms with Crippen LogP contribution in [0.5, 0.6) is 0 Å². The smallest absolute Gasteiger partial charge is 0.302 e. The number of esters is 1. The Morgan fingerprint density at radius 1 is 1.00 bits per heavy atom. The van der Waals surface area contributed by atoms with Crippen LogP contribution in [0.1, 0.15) is 79.6 Å². The van der Waals surface area contributed by atoms with Crippen LogP contribution in [0.3, 0.4) is 0 Å². The predicted octanol–water partition coefficient (Wildman–Crippen LogP) is 5.23. The summed E-state index contributed by atoms with van der Waals surface area (Å²) in [5.41, 5.74) is -0.0558. The topological polar surface area (TPSA) is 83.9 Å². The first-order valence-electron chi connectivity index (χ1n) is 13.9. The fraction of sp³-hybridized carbons (Fsp3) is 0.645. The summed E-state index contributed by atoms with van der Waals surface area (Å²) in [7, 11) is 0. The molecule has 6 heteroatoms. The van der Waals surface area contributed by atoms with Crippen LogP contribution in [-0.2, 0) is 19.1 Å². The van der Waals surface area contributed by atoms with Crippen molar-refractivity contribution in [2.24, 2.45) is 28.6 Å². The quantitative estimate of drug-likeness (QED) is 0.446. The third-order valence-electron chi connectivity index (χ3n) is 10.8. The van der Waals surface area contributed by atoms with E-state index < -0.39 is 17.1 Å². The number of ether oxygens (including phenoxy) is 1. The van der Waals surface area contributed by atoms with Gasteiger partial charge in [-0.25, -0.2) is 0 Å². The van der Waals surface area contributed by atoms with Gasteiger partial charge in [-0.3, -0.25) is 14.4 Å². The van der Waals surface area contributed by atoms with Crippen LogP contribution in [0.2, 0.25) is 0 Å². The van der Waals surface area contributed by atoms with Gasteiger partial charge in [0.1, 0.15) is 11.7 Å². The number of Topliss-reactive ketones (excluding diaryl/α,β-unsaturated/α-hetero) is 1. The Morgan fingerprint density at radius 2 is 1.70 bits per heavy atom. The molecule has 0 saturated heterocycles. The summed E-state index contributed by atoms with van der Waals surface area (Å²) in [6.07, 6.45) is 8.16. The number of para-hydroxylation sites is 1.